The van der Waals surface area contributed by atoms with Gasteiger partial charge in [-0.1, -0.05) is 37.3 Å². The van der Waals surface area contributed by atoms with Crippen LogP contribution in [-0.4, -0.2) is 49.5 Å². The van der Waals surface area contributed by atoms with Crippen LogP contribution in [0.1, 0.15) is 34.0 Å². The van der Waals surface area contributed by atoms with Crippen molar-refractivity contribution in [2.75, 3.05) is 36.7 Å². The number of para-hydroxylation sites is 2. The lowest BCUT2D eigenvalue weighted by Gasteiger charge is -2.23. The number of ether oxygens (including phenoxy) is 3. The maximum Gasteiger partial charge on any atom is 0.337 e. The molecule has 0 saturated carbocycles. The molecule has 1 atom stereocenters. The first kappa shape index (κ1) is 23.7. The molecular formula is C28H25N3O7. The van der Waals surface area contributed by atoms with Crippen LogP contribution in [0, 0.1) is 0 Å². The predicted octanol–water partition coefficient (Wildman–Crippen LogP) is 3.52. The Morgan fingerprint density at radius 2 is 1.79 bits per heavy atom. The number of urea groups is 1. The highest BCUT2D eigenvalue weighted by Gasteiger charge is 2.57. The van der Waals surface area contributed by atoms with Crippen molar-refractivity contribution in [1.29, 1.82) is 0 Å². The second-order valence-corrected chi connectivity index (χ2v) is 9.25. The quantitative estimate of drug-likeness (QED) is 0.459. The zero-order valence-corrected chi connectivity index (χ0v) is 20.6. The molecular weight excluding hydrogens is 490 g/mol. The molecule has 0 aromatic heterocycles. The first-order valence-electron chi connectivity index (χ1n) is 12.3. The molecule has 3 aromatic carbocycles. The van der Waals surface area contributed by atoms with E-state index in [0.717, 1.165) is 16.8 Å². The molecule has 3 heterocycles. The van der Waals surface area contributed by atoms with E-state index in [2.05, 4.69) is 10.6 Å². The predicted molar refractivity (Wildman–Crippen MR) is 137 cm³/mol. The molecule has 38 heavy (non-hydrogen) atoms. The number of hydrogen-bond donors (Lipinski definition) is 3. The molecule has 0 fully saturated rings. The maximum absolute atomic E-state index is 14.0. The minimum atomic E-state index is -1.12. The van der Waals surface area contributed by atoms with Crippen molar-refractivity contribution in [3.05, 3.63) is 76.9 Å². The number of amides is 3. The summed E-state index contributed by atoms with van der Waals surface area (Å²) in [5.74, 6) is 0.469. The van der Waals surface area contributed by atoms with Crippen molar-refractivity contribution < 1.29 is 33.7 Å². The summed E-state index contributed by atoms with van der Waals surface area (Å²) in [6.07, 6.45) is 0.557. The van der Waals surface area contributed by atoms with Crippen molar-refractivity contribution in [3.63, 3.8) is 0 Å². The third-order valence-electron chi connectivity index (χ3n) is 7.27. The Labute approximate surface area is 218 Å². The largest absolute Gasteiger partial charge is 0.491 e. The number of nitrogens with one attached hydrogen (secondary N) is 2. The summed E-state index contributed by atoms with van der Waals surface area (Å²) in [7, 11) is 0. The molecule has 0 radical (unpaired) electrons. The van der Waals surface area contributed by atoms with Crippen molar-refractivity contribution in [3.8, 4) is 17.2 Å². The van der Waals surface area contributed by atoms with Gasteiger partial charge in [0.1, 0.15) is 17.8 Å². The number of benzene rings is 3. The summed E-state index contributed by atoms with van der Waals surface area (Å²) in [6, 6.07) is 15.5. The van der Waals surface area contributed by atoms with E-state index in [1.54, 1.807) is 23.1 Å². The van der Waals surface area contributed by atoms with Gasteiger partial charge in [0.25, 0.3) is 0 Å². The lowest BCUT2D eigenvalue weighted by molar-refractivity contribution is -0.122. The molecule has 0 bridgehead atoms. The van der Waals surface area contributed by atoms with E-state index >= 15 is 0 Å². The smallest absolute Gasteiger partial charge is 0.337 e. The van der Waals surface area contributed by atoms with Gasteiger partial charge < -0.3 is 34.9 Å². The van der Waals surface area contributed by atoms with Crippen LogP contribution in [-0.2, 0) is 16.6 Å². The van der Waals surface area contributed by atoms with E-state index in [4.69, 9.17) is 14.2 Å². The molecule has 1 spiro atoms. The van der Waals surface area contributed by atoms with E-state index in [0.29, 0.717) is 29.2 Å². The van der Waals surface area contributed by atoms with Gasteiger partial charge in [-0.15, -0.1) is 0 Å². The monoisotopic (exact) mass is 515 g/mol. The standard InChI is InChI=1S/C28H25N3O7/c1-2-16-6-5-7-17(25(32)33)24(16)30-27(35)29-10-11-31-20-9-4-3-8-18(20)28(26(31)34)14-36-21-13-23-22(12-19(21)28)37-15-38-23/h3-9,12-13H,2,10-11,14-15H2,1H3,(H,32,33)(H2,29,30,35). The summed E-state index contributed by atoms with van der Waals surface area (Å²) in [6.45, 7) is 2.51. The summed E-state index contributed by atoms with van der Waals surface area (Å²) < 4.78 is 17.0. The van der Waals surface area contributed by atoms with E-state index in [1.165, 1.54) is 6.07 Å². The molecule has 1 unspecified atom stereocenters. The Morgan fingerprint density at radius 3 is 2.58 bits per heavy atom. The topological polar surface area (TPSA) is 126 Å². The molecule has 194 valence electrons. The molecule has 3 amide bonds. The minimum Gasteiger partial charge on any atom is -0.491 e. The molecule has 10 nitrogen and oxygen atoms in total. The average Bonchev–Trinajstić information content (AvgIpc) is 3.59. The van der Waals surface area contributed by atoms with E-state index in [-0.39, 0.29) is 43.6 Å². The number of aryl methyl sites for hydroxylation is 1. The van der Waals surface area contributed by atoms with Crippen LogP contribution in [0.4, 0.5) is 16.2 Å². The number of rotatable bonds is 6. The zero-order valence-electron chi connectivity index (χ0n) is 20.6. The fourth-order valence-electron chi connectivity index (χ4n) is 5.45. The minimum absolute atomic E-state index is 0.0193. The number of carbonyl (C=O) groups excluding carboxylic acids is 2. The first-order valence-corrected chi connectivity index (χ1v) is 12.3. The third kappa shape index (κ3) is 3.52. The number of nitrogens with zero attached hydrogens (tertiary/aromatic N) is 1. The van der Waals surface area contributed by atoms with Crippen LogP contribution >= 0.6 is 0 Å². The van der Waals surface area contributed by atoms with Gasteiger partial charge in [-0.25, -0.2) is 9.59 Å². The fourth-order valence-corrected chi connectivity index (χ4v) is 5.45. The number of hydrogen-bond acceptors (Lipinski definition) is 6. The van der Waals surface area contributed by atoms with Gasteiger partial charge in [-0.3, -0.25) is 4.79 Å². The van der Waals surface area contributed by atoms with Gasteiger partial charge >= 0.3 is 12.0 Å². The van der Waals surface area contributed by atoms with Gasteiger partial charge in [-0.2, -0.15) is 0 Å². The highest BCUT2D eigenvalue weighted by Crippen LogP contribution is 2.54. The van der Waals surface area contributed by atoms with Crippen LogP contribution in [0.15, 0.2) is 54.6 Å². The number of carboxylic acids is 1. The molecule has 3 aliphatic rings. The van der Waals surface area contributed by atoms with Gasteiger partial charge in [0.2, 0.25) is 12.7 Å². The van der Waals surface area contributed by atoms with Gasteiger partial charge in [0.15, 0.2) is 11.5 Å². The van der Waals surface area contributed by atoms with Crippen LogP contribution in [0.2, 0.25) is 0 Å². The summed E-state index contributed by atoms with van der Waals surface area (Å²) >= 11 is 0. The van der Waals surface area contributed by atoms with Gasteiger partial charge in [0.05, 0.1) is 11.3 Å². The Kier molecular flexibility index (Phi) is 5.59. The van der Waals surface area contributed by atoms with Crippen LogP contribution < -0.4 is 29.7 Å². The molecule has 6 rings (SSSR count). The first-order chi connectivity index (χ1) is 18.4. The van der Waals surface area contributed by atoms with Gasteiger partial charge in [0, 0.05) is 30.4 Å². The van der Waals surface area contributed by atoms with Crippen LogP contribution in [0.5, 0.6) is 17.2 Å². The number of fused-ring (bicyclic) bond motifs is 5. The van der Waals surface area contributed by atoms with E-state index < -0.39 is 17.4 Å². The van der Waals surface area contributed by atoms with Crippen LogP contribution in [0.25, 0.3) is 0 Å². The highest BCUT2D eigenvalue weighted by molar-refractivity contribution is 6.11. The van der Waals surface area contributed by atoms with E-state index in [9.17, 15) is 19.5 Å². The molecule has 3 aliphatic heterocycles. The average molecular weight is 516 g/mol. The Bertz CT molecular complexity index is 1490. The zero-order chi connectivity index (χ0) is 26.4. The second-order valence-electron chi connectivity index (χ2n) is 9.25. The number of carbonyl (C=O) groups is 3. The lowest BCUT2D eigenvalue weighted by Crippen LogP contribution is -2.45. The lowest BCUT2D eigenvalue weighted by atomic mass is 9.77. The Balaban J connectivity index is 1.22. The molecule has 0 saturated heterocycles. The second kappa shape index (κ2) is 8.98. The van der Waals surface area contributed by atoms with Crippen molar-refractivity contribution in [2.24, 2.45) is 0 Å². The maximum atomic E-state index is 14.0. The number of carboxylic acid groups (broad SMARTS) is 1. The molecule has 0 aliphatic carbocycles. The number of anilines is 2. The van der Waals surface area contributed by atoms with Crippen molar-refractivity contribution >= 4 is 29.3 Å². The number of aromatic carboxylic acids is 1. The normalized spacial score (nSPS) is 18.2. The third-order valence-corrected chi connectivity index (χ3v) is 7.27. The summed E-state index contributed by atoms with van der Waals surface area (Å²) in [5.41, 5.74) is 2.28. The highest BCUT2D eigenvalue weighted by atomic mass is 16.7. The summed E-state index contributed by atoms with van der Waals surface area (Å²) in [4.78, 5) is 40.0. The Hall–Kier alpha value is -4.73. The molecule has 10 heteroatoms. The van der Waals surface area contributed by atoms with Crippen molar-refractivity contribution in [2.45, 2.75) is 18.8 Å². The van der Waals surface area contributed by atoms with E-state index in [1.807, 2.05) is 37.3 Å². The summed E-state index contributed by atoms with van der Waals surface area (Å²) in [5, 5.41) is 14.9. The SMILES string of the molecule is CCc1cccc(C(=O)O)c1NC(=O)NCCN1C(=O)C2(COc3cc4c(cc32)OCO4)c2ccccc21. The van der Waals surface area contributed by atoms with Crippen molar-refractivity contribution in [1.82, 2.24) is 5.32 Å². The molecule has 3 aromatic rings. The molecule has 3 N–H and O–H groups in total. The van der Waals surface area contributed by atoms with Crippen LogP contribution in [0.3, 0.4) is 0 Å². The van der Waals surface area contributed by atoms with Gasteiger partial charge in [-0.05, 0) is 35.7 Å². The Morgan fingerprint density at radius 1 is 1.00 bits per heavy atom. The fraction of sp³-hybridized carbons (Fsp3) is 0.250.